The van der Waals surface area contributed by atoms with Crippen molar-refractivity contribution in [1.82, 2.24) is 89.5 Å². The van der Waals surface area contributed by atoms with Crippen LogP contribution in [0.15, 0.2) is 280 Å². The summed E-state index contributed by atoms with van der Waals surface area (Å²) in [6.07, 6.45) is 17.7. The van der Waals surface area contributed by atoms with E-state index in [1.807, 2.05) is 111 Å². The summed E-state index contributed by atoms with van der Waals surface area (Å²) >= 11 is 6.15. The lowest BCUT2D eigenvalue weighted by Gasteiger charge is -2.35. The zero-order valence-corrected chi connectivity index (χ0v) is 78.3. The maximum atomic E-state index is 6.15. The van der Waals surface area contributed by atoms with Crippen LogP contribution in [0, 0.1) is 0 Å². The predicted molar refractivity (Wildman–Crippen MR) is 532 cm³/mol. The molecule has 0 atom stereocenters. The van der Waals surface area contributed by atoms with Gasteiger partial charge in [-0.1, -0.05) is 169 Å². The largest absolute Gasteiger partial charge is 0.493 e. The van der Waals surface area contributed by atoms with Gasteiger partial charge in [0.1, 0.15) is 13.2 Å². The van der Waals surface area contributed by atoms with Crippen LogP contribution in [0.1, 0.15) is 81.3 Å². The van der Waals surface area contributed by atoms with Gasteiger partial charge in [0.15, 0.2) is 23.0 Å². The van der Waals surface area contributed by atoms with Crippen molar-refractivity contribution >= 4 is 11.6 Å². The maximum Gasteiger partial charge on any atom is 0.162 e. The van der Waals surface area contributed by atoms with Crippen LogP contribution in [0.2, 0.25) is 5.02 Å². The Morgan fingerprint density at radius 3 is 1.36 bits per heavy atom. The van der Waals surface area contributed by atoms with Crippen molar-refractivity contribution in [3.8, 4) is 79.4 Å². The first kappa shape index (κ1) is 93.8. The molecule has 24 nitrogen and oxygen atoms in total. The first-order valence-electron chi connectivity index (χ1n) is 47.7. The van der Waals surface area contributed by atoms with Gasteiger partial charge < -0.3 is 54.2 Å². The van der Waals surface area contributed by atoms with Gasteiger partial charge >= 0.3 is 0 Å². The molecule has 6 aliphatic heterocycles. The number of morpholine rings is 2. The number of pyridine rings is 1. The summed E-state index contributed by atoms with van der Waals surface area (Å²) in [6.45, 7) is 30.8. The highest BCUT2D eigenvalue weighted by atomic mass is 35.5. The molecule has 6 aliphatic rings. The van der Waals surface area contributed by atoms with Gasteiger partial charge in [-0.3, -0.25) is 33.9 Å². The van der Waals surface area contributed by atoms with Gasteiger partial charge in [0.25, 0.3) is 0 Å². The topological polar surface area (TPSA) is 195 Å². The number of nitrogens with one attached hydrogen (secondary N) is 3. The lowest BCUT2D eigenvalue weighted by Crippen LogP contribution is -2.47. The van der Waals surface area contributed by atoms with Crippen LogP contribution in [0.4, 0.5) is 0 Å². The molecule has 134 heavy (non-hydrogen) atoms. The van der Waals surface area contributed by atoms with Gasteiger partial charge in [0.05, 0.1) is 87.9 Å². The molecule has 25 heteroatoms. The summed E-state index contributed by atoms with van der Waals surface area (Å²) in [4.78, 5) is 19.6. The number of fused-ring (bicyclic) bond motifs is 1. The molecule has 5 saturated heterocycles. The van der Waals surface area contributed by atoms with E-state index in [2.05, 4.69) is 231 Å². The number of rotatable bonds is 34. The molecule has 9 aromatic carbocycles. The number of piperazine rings is 1. The Hall–Kier alpha value is -12.0. The number of para-hydroxylation sites is 2. The predicted octanol–water partition coefficient (Wildman–Crippen LogP) is 16.8. The molecule has 0 aliphatic carbocycles. The van der Waals surface area contributed by atoms with E-state index in [4.69, 9.17) is 60.4 Å². The molecule has 5 aromatic heterocycles. The third-order valence-corrected chi connectivity index (χ3v) is 25.8. The van der Waals surface area contributed by atoms with E-state index < -0.39 is 0 Å². The van der Waals surface area contributed by atoms with Crippen LogP contribution >= 0.6 is 11.6 Å². The van der Waals surface area contributed by atoms with Gasteiger partial charge in [-0.2, -0.15) is 20.4 Å². The van der Waals surface area contributed by atoms with Gasteiger partial charge in [-0.05, 0) is 170 Å². The second kappa shape index (κ2) is 48.8. The zero-order valence-electron chi connectivity index (χ0n) is 77.5. The quantitative estimate of drug-likeness (QED) is 0.0322. The molecular formula is C109H127ClN18O6. The van der Waals surface area contributed by atoms with Gasteiger partial charge in [0.2, 0.25) is 0 Å². The van der Waals surface area contributed by atoms with Crippen LogP contribution < -0.4 is 34.9 Å². The van der Waals surface area contributed by atoms with E-state index in [1.54, 1.807) is 20.4 Å². The monoisotopic (exact) mass is 1820 g/mol. The minimum atomic E-state index is 0.583. The van der Waals surface area contributed by atoms with Gasteiger partial charge in [-0.25, -0.2) is 9.36 Å². The third-order valence-electron chi connectivity index (χ3n) is 25.5. The summed E-state index contributed by atoms with van der Waals surface area (Å²) in [7, 11) is 3.30. The lowest BCUT2D eigenvalue weighted by atomic mass is 10.1. The minimum Gasteiger partial charge on any atom is -0.493 e. The fourth-order valence-corrected chi connectivity index (χ4v) is 18.3. The highest BCUT2D eigenvalue weighted by Gasteiger charge is 2.25. The molecular weight excluding hydrogens is 1690 g/mol. The highest BCUT2D eigenvalue weighted by molar-refractivity contribution is 6.30. The van der Waals surface area contributed by atoms with Crippen molar-refractivity contribution in [3.63, 3.8) is 0 Å². The minimum absolute atomic E-state index is 0.583. The first-order valence-corrected chi connectivity index (χ1v) is 48.1. The summed E-state index contributed by atoms with van der Waals surface area (Å²) in [5.74, 6) is 2.98. The van der Waals surface area contributed by atoms with E-state index >= 15 is 0 Å². The van der Waals surface area contributed by atoms with E-state index in [1.165, 1.54) is 115 Å². The molecule has 0 amide bonds. The second-order valence-corrected chi connectivity index (χ2v) is 35.5. The third kappa shape index (κ3) is 26.8. The lowest BCUT2D eigenvalue weighted by molar-refractivity contribution is 0.0340. The van der Waals surface area contributed by atoms with Crippen LogP contribution in [-0.4, -0.2) is 232 Å². The van der Waals surface area contributed by atoms with E-state index in [-0.39, 0.29) is 0 Å². The molecule has 3 N–H and O–H groups in total. The number of benzene rings is 9. The highest BCUT2D eigenvalue weighted by Crippen LogP contribution is 2.38. The van der Waals surface area contributed by atoms with Gasteiger partial charge in [0, 0.05) is 218 Å². The number of hydrogen-bond donors (Lipinski definition) is 3. The number of ether oxygens (including phenoxy) is 6. The summed E-state index contributed by atoms with van der Waals surface area (Å²) in [5, 5.41) is 31.4. The Kier molecular flexibility index (Phi) is 34.2. The van der Waals surface area contributed by atoms with Crippen LogP contribution in [-0.2, 0) is 74.9 Å². The zero-order chi connectivity index (χ0) is 91.1. The van der Waals surface area contributed by atoms with Crippen molar-refractivity contribution in [2.45, 2.75) is 91.1 Å². The molecule has 11 heterocycles. The maximum absolute atomic E-state index is 6.15. The normalized spacial score (nSPS) is 15.6. The van der Waals surface area contributed by atoms with Crippen molar-refractivity contribution in [2.24, 2.45) is 0 Å². The Labute approximate surface area is 794 Å². The fourth-order valence-electron chi connectivity index (χ4n) is 18.1. The van der Waals surface area contributed by atoms with Crippen molar-refractivity contribution < 1.29 is 28.4 Å². The standard InChI is InChI=1S/C30H34N4O3.C28H31N5O.C27H34ClN5.C24H28N4O2/c1-35-28-13-12-23(18-29(28)36-2)30-26(22-34(32-30)27-10-4-3-5-11-27)20-31-19-24-8-6-7-9-25(24)21-33-14-16-37-17-15-33;1-2-5-24(6-3-1)21-33-22-27(28(31-33)26-7-4-12-29-18-26)19-30-17-23-8-10-25(11-9-23)20-32-13-15-34-16-14-32;28-26-10-8-24(9-11-26)27-25(22-33(29-27)20-23-6-2-1-3-7-23)21-32-18-16-31(17-19-32)15-14-30-12-4-5-13-30;1-2-6-21(7-3-1)28-18-20(17-25-10-13-27-11-4-5-12-27)24(26-28)19-8-9-22-23(16-19)30-15-14-29-22/h3-13,18,22,31H,14-17,19-21H2,1-2H3;1-12,18,22,30H,13-17,19-21H2;1-3,6-11,22H,4-5,12-21H2;1-3,6-9,16,18,25H,4-5,10-15,17H2. The van der Waals surface area contributed by atoms with Crippen LogP contribution in [0.25, 0.3) is 56.4 Å². The molecule has 0 spiro atoms. The fraction of sp³-hybridized carbons (Fsp3) is 0.349. The number of hydrogen-bond acceptors (Lipinski definition) is 20. The molecule has 0 bridgehead atoms. The molecule has 14 aromatic rings. The molecule has 20 rings (SSSR count). The Morgan fingerprint density at radius 1 is 0.321 bits per heavy atom. The number of likely N-dealkylation sites (tertiary alicyclic amines) is 2. The van der Waals surface area contributed by atoms with Crippen molar-refractivity contribution in [2.75, 3.05) is 159 Å². The SMILES string of the molecule is COc1ccc(-c2nn(-c3ccccc3)cc2CNCc2ccccc2CN2CCOCC2)cc1OC.Clc1ccc(-c2nn(Cc3ccccc3)cc2CN2CCN(CCN3CCCC3)CC2)cc1.c1ccc(-n2cc(CNCCN3CCCC3)c(-c3ccc4c(c3)OCCO4)n2)cc1.c1ccc(Cn2cc(CNCc3ccc(CN4CCOCC4)cc3)c(-c3cccnc3)n2)cc1. The number of methoxy groups -OCH3 is 2. The Morgan fingerprint density at radius 2 is 0.769 bits per heavy atom. The first-order chi connectivity index (χ1) is 66.2. The Balaban J connectivity index is 0.000000125. The number of aromatic nitrogens is 9. The molecule has 0 unspecified atom stereocenters. The summed E-state index contributed by atoms with van der Waals surface area (Å²) in [6, 6.07) is 83.1. The summed E-state index contributed by atoms with van der Waals surface area (Å²) < 4.78 is 41.4. The average molecular weight is 1820 g/mol. The summed E-state index contributed by atoms with van der Waals surface area (Å²) in [5.41, 5.74) is 22.8. The van der Waals surface area contributed by atoms with E-state index in [9.17, 15) is 0 Å². The molecule has 5 fully saturated rings. The number of halogens is 1. The van der Waals surface area contributed by atoms with Crippen molar-refractivity contribution in [1.29, 1.82) is 0 Å². The van der Waals surface area contributed by atoms with Crippen molar-refractivity contribution in [3.05, 3.63) is 340 Å². The van der Waals surface area contributed by atoms with E-state index in [0.717, 1.165) is 229 Å². The number of nitrogens with zero attached hydrogens (tertiary/aromatic N) is 15. The smallest absolute Gasteiger partial charge is 0.162 e. The molecule has 0 radical (unpaired) electrons. The van der Waals surface area contributed by atoms with E-state index in [0.29, 0.717) is 31.3 Å². The molecule has 0 saturated carbocycles. The second-order valence-electron chi connectivity index (χ2n) is 35.1. The van der Waals surface area contributed by atoms with Crippen LogP contribution in [0.3, 0.4) is 0 Å². The van der Waals surface area contributed by atoms with Crippen LogP contribution in [0.5, 0.6) is 23.0 Å². The Bertz CT molecular complexity index is 5880. The van der Waals surface area contributed by atoms with Gasteiger partial charge in [-0.15, -0.1) is 0 Å². The average Bonchev–Trinajstić information content (AvgIpc) is 1.67. The molecule has 696 valence electrons.